The molecule has 0 bridgehead atoms. The van der Waals surface area contributed by atoms with Crippen LogP contribution in [0.15, 0.2) is 24.3 Å². The fourth-order valence-electron chi connectivity index (χ4n) is 1.13. The van der Waals surface area contributed by atoms with Crippen molar-refractivity contribution >= 4 is 24.8 Å². The fraction of sp³-hybridized carbons (Fsp3) is 0.400. The van der Waals surface area contributed by atoms with Crippen LogP contribution in [-0.4, -0.2) is 13.7 Å². The third-order valence-corrected chi connectivity index (χ3v) is 1.73. The Kier molecular flexibility index (Phi) is 11.3. The number of ether oxygens (including phenoxy) is 1. The molecule has 0 radical (unpaired) electrons. The molecule has 0 heterocycles. The van der Waals surface area contributed by atoms with Gasteiger partial charge in [0.2, 0.25) is 0 Å². The molecule has 1 rings (SSSR count). The van der Waals surface area contributed by atoms with E-state index in [1.54, 1.807) is 0 Å². The van der Waals surface area contributed by atoms with Gasteiger partial charge in [-0.15, -0.1) is 24.8 Å². The average molecular weight is 253 g/mol. The van der Waals surface area contributed by atoms with E-state index in [1.807, 2.05) is 32.2 Å². The molecule has 0 atom stereocenters. The molecule has 1 aromatic rings. The van der Waals surface area contributed by atoms with Gasteiger partial charge in [-0.05, 0) is 20.0 Å². The zero-order chi connectivity index (χ0) is 9.52. The van der Waals surface area contributed by atoms with Gasteiger partial charge in [-0.2, -0.15) is 0 Å². The van der Waals surface area contributed by atoms with E-state index in [1.165, 1.54) is 5.56 Å². The average Bonchev–Trinajstić information content (AvgIpc) is 2.17. The second-order valence-corrected chi connectivity index (χ2v) is 2.64. The van der Waals surface area contributed by atoms with Crippen molar-refractivity contribution in [2.45, 2.75) is 13.5 Å². The van der Waals surface area contributed by atoms with Crippen molar-refractivity contribution in [1.29, 1.82) is 0 Å². The summed E-state index contributed by atoms with van der Waals surface area (Å²) < 4.78 is 5.47. The number of nitrogens with one attached hydrogen (secondary N) is 2. The molecule has 0 fully saturated rings. The Hall–Kier alpha value is -0.480. The van der Waals surface area contributed by atoms with Crippen molar-refractivity contribution in [1.82, 2.24) is 10.9 Å². The van der Waals surface area contributed by atoms with Gasteiger partial charge < -0.3 is 4.74 Å². The lowest BCUT2D eigenvalue weighted by atomic mass is 10.2. The number of rotatable bonds is 5. The SMILES string of the molecule is CCOc1ccccc1CNNC.Cl.Cl. The molecule has 88 valence electrons. The lowest BCUT2D eigenvalue weighted by Gasteiger charge is -2.09. The maximum absolute atomic E-state index is 5.47. The fourth-order valence-corrected chi connectivity index (χ4v) is 1.13. The van der Waals surface area contributed by atoms with Gasteiger partial charge in [0.25, 0.3) is 0 Å². The summed E-state index contributed by atoms with van der Waals surface area (Å²) in [7, 11) is 1.85. The molecule has 0 spiro atoms. The normalized spacial score (nSPS) is 8.67. The maximum Gasteiger partial charge on any atom is 0.123 e. The van der Waals surface area contributed by atoms with Crippen LogP contribution in [0, 0.1) is 0 Å². The molecule has 2 N–H and O–H groups in total. The van der Waals surface area contributed by atoms with E-state index < -0.39 is 0 Å². The molecule has 1 aromatic carbocycles. The van der Waals surface area contributed by atoms with E-state index in [9.17, 15) is 0 Å². The van der Waals surface area contributed by atoms with Crippen LogP contribution in [0.2, 0.25) is 0 Å². The van der Waals surface area contributed by atoms with Gasteiger partial charge in [-0.25, -0.2) is 0 Å². The van der Waals surface area contributed by atoms with Gasteiger partial charge in [0.15, 0.2) is 0 Å². The van der Waals surface area contributed by atoms with Gasteiger partial charge in [0.05, 0.1) is 6.61 Å². The van der Waals surface area contributed by atoms with E-state index in [0.717, 1.165) is 12.3 Å². The van der Waals surface area contributed by atoms with Crippen molar-refractivity contribution in [3.8, 4) is 5.75 Å². The minimum atomic E-state index is 0. The second-order valence-electron chi connectivity index (χ2n) is 2.64. The van der Waals surface area contributed by atoms with E-state index in [2.05, 4.69) is 16.9 Å². The minimum Gasteiger partial charge on any atom is -0.494 e. The van der Waals surface area contributed by atoms with Gasteiger partial charge in [-0.3, -0.25) is 10.9 Å². The van der Waals surface area contributed by atoms with Gasteiger partial charge in [0.1, 0.15) is 5.75 Å². The topological polar surface area (TPSA) is 33.3 Å². The summed E-state index contributed by atoms with van der Waals surface area (Å²) in [6.45, 7) is 3.46. The molecule has 0 aliphatic heterocycles. The molecular weight excluding hydrogens is 235 g/mol. The number of hydrogen-bond acceptors (Lipinski definition) is 3. The molecule has 0 saturated carbocycles. The Morgan fingerprint density at radius 2 is 1.87 bits per heavy atom. The third-order valence-electron chi connectivity index (χ3n) is 1.73. The number of hydrogen-bond donors (Lipinski definition) is 2. The van der Waals surface area contributed by atoms with Gasteiger partial charge in [0, 0.05) is 12.1 Å². The summed E-state index contributed by atoms with van der Waals surface area (Å²) in [6.07, 6.45) is 0. The molecule has 0 saturated heterocycles. The Morgan fingerprint density at radius 1 is 1.20 bits per heavy atom. The Bertz CT molecular complexity index is 259. The molecule has 0 unspecified atom stereocenters. The largest absolute Gasteiger partial charge is 0.494 e. The Balaban J connectivity index is 0. The molecule has 5 heteroatoms. The molecule has 3 nitrogen and oxygen atoms in total. The van der Waals surface area contributed by atoms with Crippen molar-refractivity contribution in [3.63, 3.8) is 0 Å². The summed E-state index contributed by atoms with van der Waals surface area (Å²) in [5, 5.41) is 0. The third kappa shape index (κ3) is 5.85. The first kappa shape index (κ1) is 16.9. The number of hydrazine groups is 1. The molecule has 0 aliphatic rings. The zero-order valence-electron chi connectivity index (χ0n) is 8.95. The standard InChI is InChI=1S/C10H16N2O.2ClH/c1-3-13-10-7-5-4-6-9(10)8-12-11-2;;/h4-7,11-12H,3,8H2,1-2H3;2*1H. The van der Waals surface area contributed by atoms with Crippen LogP contribution >= 0.6 is 24.8 Å². The Morgan fingerprint density at radius 3 is 2.47 bits per heavy atom. The number of halogens is 2. The summed E-state index contributed by atoms with van der Waals surface area (Å²) in [5.74, 6) is 0.952. The van der Waals surface area contributed by atoms with E-state index >= 15 is 0 Å². The van der Waals surface area contributed by atoms with Crippen molar-refractivity contribution < 1.29 is 4.74 Å². The van der Waals surface area contributed by atoms with Gasteiger partial charge >= 0.3 is 0 Å². The van der Waals surface area contributed by atoms with E-state index in [0.29, 0.717) is 6.61 Å². The van der Waals surface area contributed by atoms with Crippen LogP contribution in [0.25, 0.3) is 0 Å². The van der Waals surface area contributed by atoms with Crippen LogP contribution in [-0.2, 0) is 6.54 Å². The smallest absolute Gasteiger partial charge is 0.123 e. The first-order chi connectivity index (χ1) is 6.38. The van der Waals surface area contributed by atoms with Gasteiger partial charge in [-0.1, -0.05) is 18.2 Å². The molecule has 0 aliphatic carbocycles. The van der Waals surface area contributed by atoms with Crippen molar-refractivity contribution in [3.05, 3.63) is 29.8 Å². The maximum atomic E-state index is 5.47. The molecule has 0 aromatic heterocycles. The van der Waals surface area contributed by atoms with Crippen LogP contribution in [0.4, 0.5) is 0 Å². The highest BCUT2D eigenvalue weighted by Crippen LogP contribution is 2.16. The summed E-state index contributed by atoms with van der Waals surface area (Å²) in [5.41, 5.74) is 7.08. The Labute approximate surface area is 103 Å². The predicted octanol–water partition coefficient (Wildman–Crippen LogP) is 2.15. The minimum absolute atomic E-state index is 0. The summed E-state index contributed by atoms with van der Waals surface area (Å²) >= 11 is 0. The second kappa shape index (κ2) is 10.1. The van der Waals surface area contributed by atoms with Crippen LogP contribution in [0.3, 0.4) is 0 Å². The lowest BCUT2D eigenvalue weighted by molar-refractivity contribution is 0.335. The highest BCUT2D eigenvalue weighted by molar-refractivity contribution is 5.85. The highest BCUT2D eigenvalue weighted by atomic mass is 35.5. The van der Waals surface area contributed by atoms with E-state index in [4.69, 9.17) is 4.74 Å². The van der Waals surface area contributed by atoms with Crippen LogP contribution < -0.4 is 15.6 Å². The zero-order valence-corrected chi connectivity index (χ0v) is 10.6. The lowest BCUT2D eigenvalue weighted by Crippen LogP contribution is -2.26. The van der Waals surface area contributed by atoms with E-state index in [-0.39, 0.29) is 24.8 Å². The van der Waals surface area contributed by atoms with Crippen molar-refractivity contribution in [2.75, 3.05) is 13.7 Å². The predicted molar refractivity (Wildman–Crippen MR) is 68.0 cm³/mol. The summed E-state index contributed by atoms with van der Waals surface area (Å²) in [6, 6.07) is 8.02. The van der Waals surface area contributed by atoms with Crippen LogP contribution in [0.5, 0.6) is 5.75 Å². The molecule has 15 heavy (non-hydrogen) atoms. The highest BCUT2D eigenvalue weighted by Gasteiger charge is 1.99. The quantitative estimate of drug-likeness (QED) is 0.789. The number of para-hydroxylation sites is 1. The van der Waals surface area contributed by atoms with Crippen molar-refractivity contribution in [2.24, 2.45) is 0 Å². The molecular formula is C10H18Cl2N2O. The number of benzene rings is 1. The van der Waals surface area contributed by atoms with Crippen LogP contribution in [0.1, 0.15) is 12.5 Å². The summed E-state index contributed by atoms with van der Waals surface area (Å²) in [4.78, 5) is 0. The monoisotopic (exact) mass is 252 g/mol. The molecule has 0 amide bonds. The first-order valence-electron chi connectivity index (χ1n) is 4.48. The first-order valence-corrected chi connectivity index (χ1v) is 4.48.